The van der Waals surface area contributed by atoms with Gasteiger partial charge in [0, 0.05) is 13.1 Å². The van der Waals surface area contributed by atoms with Crippen molar-refractivity contribution in [2.45, 2.75) is 63.6 Å². The van der Waals surface area contributed by atoms with Crippen LogP contribution in [0.4, 0.5) is 0 Å². The quantitative estimate of drug-likeness (QED) is 0.607. The highest BCUT2D eigenvalue weighted by molar-refractivity contribution is 5.31. The molecule has 0 aliphatic carbocycles. The summed E-state index contributed by atoms with van der Waals surface area (Å²) in [6, 6.07) is 7.43. The Morgan fingerprint density at radius 1 is 0.600 bits per heavy atom. The zero-order chi connectivity index (χ0) is 21.0. The Morgan fingerprint density at radius 3 is 1.27 bits per heavy atom. The lowest BCUT2D eigenvalue weighted by Gasteiger charge is -2.23. The summed E-state index contributed by atoms with van der Waals surface area (Å²) in [6.45, 7) is 6.25. The number of benzene rings is 1. The van der Waals surface area contributed by atoms with Crippen molar-refractivity contribution in [1.82, 2.24) is 9.80 Å². The second kappa shape index (κ2) is 13.2. The van der Waals surface area contributed by atoms with Gasteiger partial charge in [0.15, 0.2) is 0 Å². The summed E-state index contributed by atoms with van der Waals surface area (Å²) in [5.41, 5.74) is 0. The molecule has 0 amide bonds. The highest BCUT2D eigenvalue weighted by Crippen LogP contribution is 2.18. The predicted molar refractivity (Wildman–Crippen MR) is 119 cm³/mol. The van der Waals surface area contributed by atoms with Crippen molar-refractivity contribution in [2.24, 2.45) is 0 Å². The van der Waals surface area contributed by atoms with Crippen LogP contribution in [-0.4, -0.2) is 84.7 Å². The molecule has 30 heavy (non-hydrogen) atoms. The van der Waals surface area contributed by atoms with Gasteiger partial charge in [-0.25, -0.2) is 0 Å². The van der Waals surface area contributed by atoms with Gasteiger partial charge in [0.25, 0.3) is 0 Å². The molecule has 2 atom stereocenters. The van der Waals surface area contributed by atoms with Crippen LogP contribution in [0.5, 0.6) is 11.5 Å². The monoisotopic (exact) mass is 420 g/mol. The van der Waals surface area contributed by atoms with E-state index in [1.54, 1.807) is 0 Å². The summed E-state index contributed by atoms with van der Waals surface area (Å²) < 4.78 is 11.5. The van der Waals surface area contributed by atoms with Gasteiger partial charge in [-0.15, -0.1) is 0 Å². The van der Waals surface area contributed by atoms with Crippen LogP contribution in [0.2, 0.25) is 0 Å². The minimum absolute atomic E-state index is 0.297. The first-order valence-corrected chi connectivity index (χ1v) is 11.9. The van der Waals surface area contributed by atoms with Crippen molar-refractivity contribution >= 4 is 0 Å². The van der Waals surface area contributed by atoms with Gasteiger partial charge >= 0.3 is 0 Å². The van der Waals surface area contributed by atoms with Crippen LogP contribution in [-0.2, 0) is 0 Å². The number of β-amino-alcohol motifs (C(OH)–C–C–N with tert-alkyl or cyclic N) is 2. The first-order valence-electron chi connectivity index (χ1n) is 11.9. The molecule has 1 aromatic rings. The number of hydrogen-bond donors (Lipinski definition) is 2. The van der Waals surface area contributed by atoms with Crippen molar-refractivity contribution < 1.29 is 19.7 Å². The van der Waals surface area contributed by atoms with Crippen LogP contribution in [0, 0.1) is 0 Å². The molecule has 1 aromatic carbocycles. The standard InChI is InChI=1S/C24H40N2O4/c27-21(17-25-13-5-1-2-6-14-25)19-29-23-9-11-24(12-10-23)30-20-22(28)18-26-15-7-3-4-8-16-26/h9-12,21-22,27-28H,1-8,13-20H2/t21-,22-/m1/s1. The van der Waals surface area contributed by atoms with Gasteiger partial charge < -0.3 is 29.5 Å². The van der Waals surface area contributed by atoms with Crippen LogP contribution >= 0.6 is 0 Å². The molecule has 3 rings (SSSR count). The zero-order valence-electron chi connectivity index (χ0n) is 18.4. The number of aliphatic hydroxyl groups is 2. The number of aliphatic hydroxyl groups excluding tert-OH is 2. The third-order valence-electron chi connectivity index (χ3n) is 6.04. The molecule has 2 N–H and O–H groups in total. The number of likely N-dealkylation sites (tertiary alicyclic amines) is 2. The van der Waals surface area contributed by atoms with E-state index in [4.69, 9.17) is 9.47 Å². The van der Waals surface area contributed by atoms with Gasteiger partial charge in [-0.05, 0) is 76.1 Å². The largest absolute Gasteiger partial charge is 0.491 e. The Morgan fingerprint density at radius 2 is 0.933 bits per heavy atom. The van der Waals surface area contributed by atoms with Crippen LogP contribution in [0.3, 0.4) is 0 Å². The highest BCUT2D eigenvalue weighted by Gasteiger charge is 2.15. The average molecular weight is 421 g/mol. The van der Waals surface area contributed by atoms with Gasteiger partial charge in [0.2, 0.25) is 0 Å². The smallest absolute Gasteiger partial charge is 0.119 e. The fourth-order valence-corrected chi connectivity index (χ4v) is 4.36. The molecule has 0 saturated carbocycles. The molecule has 6 nitrogen and oxygen atoms in total. The van der Waals surface area contributed by atoms with Crippen LogP contribution in [0.15, 0.2) is 24.3 Å². The summed E-state index contributed by atoms with van der Waals surface area (Å²) in [4.78, 5) is 4.68. The first-order chi connectivity index (χ1) is 14.7. The second-order valence-electron chi connectivity index (χ2n) is 8.83. The Hall–Kier alpha value is -1.34. The van der Waals surface area contributed by atoms with E-state index < -0.39 is 12.2 Å². The highest BCUT2D eigenvalue weighted by atomic mass is 16.5. The topological polar surface area (TPSA) is 65.4 Å². The van der Waals surface area contributed by atoms with Crippen molar-refractivity contribution in [2.75, 3.05) is 52.5 Å². The van der Waals surface area contributed by atoms with Gasteiger partial charge in [-0.1, -0.05) is 25.7 Å². The fourth-order valence-electron chi connectivity index (χ4n) is 4.36. The van der Waals surface area contributed by atoms with Crippen LogP contribution < -0.4 is 9.47 Å². The molecule has 2 fully saturated rings. The van der Waals surface area contributed by atoms with E-state index in [2.05, 4.69) is 9.80 Å². The van der Waals surface area contributed by atoms with E-state index in [9.17, 15) is 10.2 Å². The normalized spacial score (nSPS) is 21.4. The predicted octanol–water partition coefficient (Wildman–Crippen LogP) is 2.92. The minimum Gasteiger partial charge on any atom is -0.491 e. The van der Waals surface area contributed by atoms with Gasteiger partial charge in [-0.3, -0.25) is 0 Å². The molecular formula is C24H40N2O4. The Labute approximate surface area is 181 Å². The van der Waals surface area contributed by atoms with Gasteiger partial charge in [-0.2, -0.15) is 0 Å². The van der Waals surface area contributed by atoms with Gasteiger partial charge in [0.05, 0.1) is 0 Å². The third-order valence-corrected chi connectivity index (χ3v) is 6.04. The lowest BCUT2D eigenvalue weighted by atomic mass is 10.2. The molecule has 0 bridgehead atoms. The van der Waals surface area contributed by atoms with E-state index in [1.807, 2.05) is 24.3 Å². The number of nitrogens with zero attached hydrogens (tertiary/aromatic N) is 2. The molecule has 2 heterocycles. The molecule has 0 radical (unpaired) electrons. The first kappa shape index (κ1) is 23.3. The zero-order valence-corrected chi connectivity index (χ0v) is 18.4. The lowest BCUT2D eigenvalue weighted by molar-refractivity contribution is 0.0680. The number of hydrogen-bond acceptors (Lipinski definition) is 6. The summed E-state index contributed by atoms with van der Waals surface area (Å²) >= 11 is 0. The van der Waals surface area contributed by atoms with Crippen LogP contribution in [0.25, 0.3) is 0 Å². The molecule has 2 aliphatic heterocycles. The molecule has 170 valence electrons. The van der Waals surface area contributed by atoms with E-state index in [1.165, 1.54) is 51.4 Å². The van der Waals surface area contributed by atoms with Crippen LogP contribution in [0.1, 0.15) is 51.4 Å². The Kier molecular flexibility index (Phi) is 10.2. The maximum Gasteiger partial charge on any atom is 0.119 e. The molecular weight excluding hydrogens is 380 g/mol. The average Bonchev–Trinajstić information content (AvgIpc) is 3.16. The van der Waals surface area contributed by atoms with E-state index in [0.717, 1.165) is 37.7 Å². The maximum atomic E-state index is 10.3. The Balaban J connectivity index is 1.32. The van der Waals surface area contributed by atoms with E-state index in [0.29, 0.717) is 26.3 Å². The summed E-state index contributed by atoms with van der Waals surface area (Å²) in [7, 11) is 0. The molecule has 2 aliphatic rings. The van der Waals surface area contributed by atoms with Crippen molar-refractivity contribution in [3.63, 3.8) is 0 Å². The fraction of sp³-hybridized carbons (Fsp3) is 0.750. The molecule has 6 heteroatoms. The van der Waals surface area contributed by atoms with Crippen molar-refractivity contribution in [1.29, 1.82) is 0 Å². The van der Waals surface area contributed by atoms with E-state index >= 15 is 0 Å². The minimum atomic E-state index is -0.479. The number of rotatable bonds is 10. The lowest BCUT2D eigenvalue weighted by Crippen LogP contribution is -2.36. The van der Waals surface area contributed by atoms with Gasteiger partial charge in [0.1, 0.15) is 36.9 Å². The maximum absolute atomic E-state index is 10.3. The molecule has 0 unspecified atom stereocenters. The molecule has 2 saturated heterocycles. The second-order valence-corrected chi connectivity index (χ2v) is 8.83. The summed E-state index contributed by atoms with van der Waals surface area (Å²) in [5.74, 6) is 1.45. The van der Waals surface area contributed by atoms with Crippen molar-refractivity contribution in [3.8, 4) is 11.5 Å². The van der Waals surface area contributed by atoms with Crippen molar-refractivity contribution in [3.05, 3.63) is 24.3 Å². The molecule has 0 aromatic heterocycles. The van der Waals surface area contributed by atoms with E-state index in [-0.39, 0.29) is 0 Å². The molecule has 0 spiro atoms. The summed E-state index contributed by atoms with van der Waals surface area (Å²) in [5, 5.41) is 20.6. The number of ether oxygens (including phenoxy) is 2. The Bertz CT molecular complexity index is 516. The summed E-state index contributed by atoms with van der Waals surface area (Å²) in [6.07, 6.45) is 9.13. The SMILES string of the molecule is O[C@@H](COc1ccc(OC[C@H](O)CN2CCCCCC2)cc1)CN1CCCCCC1. The third kappa shape index (κ3) is 8.80.